The van der Waals surface area contributed by atoms with Crippen LogP contribution in [0, 0.1) is 5.92 Å². The second kappa shape index (κ2) is 5.50. The molecule has 0 radical (unpaired) electrons. The highest BCUT2D eigenvalue weighted by molar-refractivity contribution is 5.70. The zero-order valence-electron chi connectivity index (χ0n) is 10.1. The number of nitrogens with one attached hydrogen (secondary N) is 1. The fraction of sp³-hybridized carbons (Fsp3) is 0.917. The standard InChI is InChI=1S/C12H23NO2/c1-4-13-12(9-11(14)15-3)7-5-10(2)6-8-12/h10,13H,4-9H2,1-3H3. The number of methoxy groups -OCH3 is 1. The molecule has 0 saturated heterocycles. The first kappa shape index (κ1) is 12.5. The van der Waals surface area contributed by atoms with Crippen molar-refractivity contribution < 1.29 is 9.53 Å². The Labute approximate surface area is 92.6 Å². The monoisotopic (exact) mass is 213 g/mol. The third-order valence-corrected chi connectivity index (χ3v) is 3.49. The second-order valence-electron chi connectivity index (χ2n) is 4.75. The van der Waals surface area contributed by atoms with Gasteiger partial charge in [0.05, 0.1) is 13.5 Å². The Morgan fingerprint density at radius 1 is 1.47 bits per heavy atom. The summed E-state index contributed by atoms with van der Waals surface area (Å²) in [6.07, 6.45) is 5.13. The van der Waals surface area contributed by atoms with E-state index >= 15 is 0 Å². The van der Waals surface area contributed by atoms with Crippen LogP contribution in [0.3, 0.4) is 0 Å². The lowest BCUT2D eigenvalue weighted by molar-refractivity contribution is -0.142. The van der Waals surface area contributed by atoms with Gasteiger partial charge in [0, 0.05) is 5.54 Å². The van der Waals surface area contributed by atoms with E-state index in [1.807, 2.05) is 0 Å². The topological polar surface area (TPSA) is 38.3 Å². The maximum absolute atomic E-state index is 11.4. The summed E-state index contributed by atoms with van der Waals surface area (Å²) < 4.78 is 4.77. The summed E-state index contributed by atoms with van der Waals surface area (Å²) in [6.45, 7) is 5.30. The fourth-order valence-electron chi connectivity index (χ4n) is 2.45. The first-order valence-electron chi connectivity index (χ1n) is 5.94. The van der Waals surface area contributed by atoms with Gasteiger partial charge in [-0.2, -0.15) is 0 Å². The molecular formula is C12H23NO2. The largest absolute Gasteiger partial charge is 0.469 e. The smallest absolute Gasteiger partial charge is 0.307 e. The van der Waals surface area contributed by atoms with E-state index < -0.39 is 0 Å². The molecule has 15 heavy (non-hydrogen) atoms. The summed E-state index contributed by atoms with van der Waals surface area (Å²) >= 11 is 0. The Bertz CT molecular complexity index is 208. The first-order valence-corrected chi connectivity index (χ1v) is 5.94. The minimum absolute atomic E-state index is 0.00829. The summed E-state index contributed by atoms with van der Waals surface area (Å²) in [4.78, 5) is 11.4. The quantitative estimate of drug-likeness (QED) is 0.727. The maximum Gasteiger partial charge on any atom is 0.307 e. The van der Waals surface area contributed by atoms with Crippen LogP contribution in [0.4, 0.5) is 0 Å². The molecular weight excluding hydrogens is 190 g/mol. The van der Waals surface area contributed by atoms with Crippen LogP contribution in [-0.2, 0) is 9.53 Å². The van der Waals surface area contributed by atoms with Crippen molar-refractivity contribution in [1.82, 2.24) is 5.32 Å². The average Bonchev–Trinajstić information content (AvgIpc) is 2.23. The average molecular weight is 213 g/mol. The van der Waals surface area contributed by atoms with Gasteiger partial charge in [-0.1, -0.05) is 13.8 Å². The van der Waals surface area contributed by atoms with Gasteiger partial charge in [0.2, 0.25) is 0 Å². The van der Waals surface area contributed by atoms with Crippen molar-refractivity contribution in [2.24, 2.45) is 5.92 Å². The molecule has 0 unspecified atom stereocenters. The van der Waals surface area contributed by atoms with E-state index in [0.717, 1.165) is 25.3 Å². The van der Waals surface area contributed by atoms with Gasteiger partial charge in [-0.05, 0) is 38.1 Å². The predicted octanol–water partition coefficient (Wildman–Crippen LogP) is 2.11. The van der Waals surface area contributed by atoms with E-state index in [2.05, 4.69) is 19.2 Å². The molecule has 0 atom stereocenters. The second-order valence-corrected chi connectivity index (χ2v) is 4.75. The van der Waals surface area contributed by atoms with Crippen molar-refractivity contribution in [2.45, 2.75) is 51.5 Å². The molecule has 0 spiro atoms. The van der Waals surface area contributed by atoms with Crippen LogP contribution in [0.1, 0.15) is 46.0 Å². The lowest BCUT2D eigenvalue weighted by Crippen LogP contribution is -2.49. The lowest BCUT2D eigenvalue weighted by atomic mass is 9.75. The van der Waals surface area contributed by atoms with Gasteiger partial charge >= 0.3 is 5.97 Å². The van der Waals surface area contributed by atoms with Gasteiger partial charge < -0.3 is 10.1 Å². The van der Waals surface area contributed by atoms with Crippen molar-refractivity contribution in [3.63, 3.8) is 0 Å². The Hall–Kier alpha value is -0.570. The minimum Gasteiger partial charge on any atom is -0.469 e. The van der Waals surface area contributed by atoms with Crippen LogP contribution >= 0.6 is 0 Å². The van der Waals surface area contributed by atoms with Crippen molar-refractivity contribution in [3.05, 3.63) is 0 Å². The Balaban J connectivity index is 2.58. The molecule has 1 aliphatic carbocycles. The van der Waals surface area contributed by atoms with Gasteiger partial charge in [0.15, 0.2) is 0 Å². The molecule has 88 valence electrons. The molecule has 0 aromatic carbocycles. The highest BCUT2D eigenvalue weighted by Gasteiger charge is 2.35. The van der Waals surface area contributed by atoms with E-state index in [1.54, 1.807) is 0 Å². The first-order chi connectivity index (χ1) is 7.12. The van der Waals surface area contributed by atoms with Crippen LogP contribution in [0.2, 0.25) is 0 Å². The molecule has 0 bridgehead atoms. The molecule has 0 amide bonds. The minimum atomic E-state index is -0.0921. The van der Waals surface area contributed by atoms with Crippen molar-refractivity contribution in [1.29, 1.82) is 0 Å². The van der Waals surface area contributed by atoms with Gasteiger partial charge in [-0.25, -0.2) is 0 Å². The lowest BCUT2D eigenvalue weighted by Gasteiger charge is -2.39. The number of hydrogen-bond acceptors (Lipinski definition) is 3. The molecule has 1 saturated carbocycles. The Kier molecular flexibility index (Phi) is 4.58. The third-order valence-electron chi connectivity index (χ3n) is 3.49. The number of carbonyl (C=O) groups excluding carboxylic acids is 1. The van der Waals surface area contributed by atoms with Crippen molar-refractivity contribution >= 4 is 5.97 Å². The predicted molar refractivity (Wildman–Crippen MR) is 60.7 cm³/mol. The van der Waals surface area contributed by atoms with E-state index in [4.69, 9.17) is 4.74 Å². The molecule has 0 aromatic heterocycles. The zero-order valence-corrected chi connectivity index (χ0v) is 10.1. The highest BCUT2D eigenvalue weighted by atomic mass is 16.5. The summed E-state index contributed by atoms with van der Waals surface area (Å²) in [5.74, 6) is 0.708. The molecule has 0 aliphatic heterocycles. The van der Waals surface area contributed by atoms with Crippen LogP contribution in [0.5, 0.6) is 0 Å². The molecule has 1 N–H and O–H groups in total. The highest BCUT2D eigenvalue weighted by Crippen LogP contribution is 2.34. The SMILES string of the molecule is CCNC1(CC(=O)OC)CCC(C)CC1. The molecule has 3 heteroatoms. The van der Waals surface area contributed by atoms with Crippen LogP contribution in [0.15, 0.2) is 0 Å². The molecule has 0 heterocycles. The van der Waals surface area contributed by atoms with Crippen molar-refractivity contribution in [2.75, 3.05) is 13.7 Å². The summed E-state index contributed by atoms with van der Waals surface area (Å²) in [7, 11) is 1.47. The van der Waals surface area contributed by atoms with Gasteiger partial charge in [0.1, 0.15) is 0 Å². The van der Waals surface area contributed by atoms with E-state index in [9.17, 15) is 4.79 Å². The maximum atomic E-state index is 11.4. The molecule has 1 aliphatic rings. The van der Waals surface area contributed by atoms with Crippen LogP contribution in [0.25, 0.3) is 0 Å². The van der Waals surface area contributed by atoms with Gasteiger partial charge in [-0.3, -0.25) is 4.79 Å². The molecule has 1 fully saturated rings. The molecule has 0 aromatic rings. The van der Waals surface area contributed by atoms with E-state index in [-0.39, 0.29) is 11.5 Å². The van der Waals surface area contributed by atoms with Gasteiger partial charge in [-0.15, -0.1) is 0 Å². The van der Waals surface area contributed by atoms with Crippen LogP contribution in [-0.4, -0.2) is 25.2 Å². The number of ether oxygens (including phenoxy) is 1. The van der Waals surface area contributed by atoms with Crippen LogP contribution < -0.4 is 5.32 Å². The Morgan fingerprint density at radius 3 is 2.53 bits per heavy atom. The summed E-state index contributed by atoms with van der Waals surface area (Å²) in [5, 5.41) is 3.48. The third kappa shape index (κ3) is 3.49. The molecule has 3 nitrogen and oxygen atoms in total. The van der Waals surface area contributed by atoms with E-state index in [1.165, 1.54) is 20.0 Å². The normalized spacial score (nSPS) is 31.3. The number of hydrogen-bond donors (Lipinski definition) is 1. The van der Waals surface area contributed by atoms with Crippen molar-refractivity contribution in [3.8, 4) is 0 Å². The molecule has 1 rings (SSSR count). The number of esters is 1. The fourth-order valence-corrected chi connectivity index (χ4v) is 2.45. The Morgan fingerprint density at radius 2 is 2.07 bits per heavy atom. The van der Waals surface area contributed by atoms with E-state index in [0.29, 0.717) is 6.42 Å². The summed E-state index contributed by atoms with van der Waals surface area (Å²) in [6, 6.07) is 0. The van der Waals surface area contributed by atoms with Gasteiger partial charge in [0.25, 0.3) is 0 Å². The number of rotatable bonds is 4. The summed E-state index contributed by atoms with van der Waals surface area (Å²) in [5.41, 5.74) is 0.00829. The number of carbonyl (C=O) groups is 1. The zero-order chi connectivity index (χ0) is 11.3.